The highest BCUT2D eigenvalue weighted by Crippen LogP contribution is 2.28. The molecule has 0 saturated heterocycles. The molecule has 1 aromatic carbocycles. The molecule has 17 heavy (non-hydrogen) atoms. The quantitative estimate of drug-likeness (QED) is 0.840. The molecule has 92 valence electrons. The summed E-state index contributed by atoms with van der Waals surface area (Å²) in [5.41, 5.74) is 1.75. The summed E-state index contributed by atoms with van der Waals surface area (Å²) in [4.78, 5) is 22.1. The van der Waals surface area contributed by atoms with Crippen molar-refractivity contribution in [3.63, 3.8) is 0 Å². The molecule has 0 aliphatic carbocycles. The first kappa shape index (κ1) is 14.0. The minimum atomic E-state index is -0.976. The molecule has 1 aromatic rings. The van der Waals surface area contributed by atoms with Crippen LogP contribution in [0.1, 0.15) is 29.0 Å². The topological polar surface area (TPSA) is 54.4 Å². The molecule has 0 bridgehead atoms. The number of rotatable bonds is 5. The van der Waals surface area contributed by atoms with Gasteiger partial charge < -0.3 is 5.11 Å². The summed E-state index contributed by atoms with van der Waals surface area (Å²) < 4.78 is 0. The van der Waals surface area contributed by atoms with Crippen LogP contribution in [0.5, 0.6) is 0 Å². The number of hydrogen-bond donors (Lipinski definition) is 1. The predicted octanol–water partition coefficient (Wildman–Crippen LogP) is 2.92. The first-order valence-corrected chi connectivity index (χ1v) is 5.97. The Morgan fingerprint density at radius 2 is 2.06 bits per heavy atom. The van der Waals surface area contributed by atoms with Gasteiger partial charge in [0.15, 0.2) is 5.78 Å². The molecule has 1 rings (SSSR count). The predicted molar refractivity (Wildman–Crippen MR) is 66.6 cm³/mol. The minimum absolute atomic E-state index is 0.186. The largest absolute Gasteiger partial charge is 0.481 e. The van der Waals surface area contributed by atoms with Gasteiger partial charge in [-0.25, -0.2) is 0 Å². The van der Waals surface area contributed by atoms with Crippen molar-refractivity contribution in [1.29, 1.82) is 0 Å². The van der Waals surface area contributed by atoms with Gasteiger partial charge in [-0.1, -0.05) is 18.2 Å². The van der Waals surface area contributed by atoms with Gasteiger partial charge >= 0.3 is 5.97 Å². The number of carbonyl (C=O) groups excluding carboxylic acids is 1. The van der Waals surface area contributed by atoms with Crippen LogP contribution in [0.2, 0.25) is 0 Å². The number of carboxylic acid groups (broad SMARTS) is 1. The van der Waals surface area contributed by atoms with Crippen molar-refractivity contribution in [2.75, 3.05) is 0 Å². The van der Waals surface area contributed by atoms with Crippen molar-refractivity contribution >= 4 is 35.0 Å². The van der Waals surface area contributed by atoms with Gasteiger partial charge in [-0.15, -0.1) is 23.2 Å². The Bertz CT molecular complexity index is 443. The second-order valence-corrected chi connectivity index (χ2v) is 4.37. The van der Waals surface area contributed by atoms with E-state index in [1.807, 2.05) is 0 Å². The molecule has 0 aromatic heterocycles. The van der Waals surface area contributed by atoms with Crippen LogP contribution in [0, 0.1) is 0 Å². The smallest absolute Gasteiger partial charge is 0.307 e. The first-order chi connectivity index (χ1) is 7.97. The van der Waals surface area contributed by atoms with E-state index in [1.165, 1.54) is 6.92 Å². The molecule has 5 heteroatoms. The molecule has 0 radical (unpaired) electrons. The van der Waals surface area contributed by atoms with Crippen LogP contribution in [0.15, 0.2) is 18.2 Å². The lowest BCUT2D eigenvalue weighted by molar-refractivity contribution is -0.136. The maximum Gasteiger partial charge on any atom is 0.307 e. The second-order valence-electron chi connectivity index (χ2n) is 3.66. The molecule has 0 aliphatic heterocycles. The number of aliphatic carboxylic acids is 1. The number of Topliss-reactive ketones (excluding diaryl/α,β-unsaturated/α-hetero) is 1. The fourth-order valence-electron chi connectivity index (χ4n) is 1.60. The Labute approximate surface area is 109 Å². The lowest BCUT2D eigenvalue weighted by Gasteiger charge is -2.14. The van der Waals surface area contributed by atoms with E-state index >= 15 is 0 Å². The minimum Gasteiger partial charge on any atom is -0.481 e. The third kappa shape index (κ3) is 3.45. The lowest BCUT2D eigenvalue weighted by Crippen LogP contribution is -2.11. The Kier molecular flexibility index (Phi) is 4.97. The number of carboxylic acids is 1. The Hall–Kier alpha value is -1.06. The van der Waals surface area contributed by atoms with Crippen molar-refractivity contribution in [2.45, 2.75) is 24.6 Å². The van der Waals surface area contributed by atoms with E-state index in [9.17, 15) is 9.59 Å². The molecular formula is C12H12Cl2O3. The highest BCUT2D eigenvalue weighted by molar-refractivity contribution is 6.31. The van der Waals surface area contributed by atoms with Crippen LogP contribution in [0.4, 0.5) is 0 Å². The summed E-state index contributed by atoms with van der Waals surface area (Å²) in [6.45, 7) is 1.37. The molecule has 0 aliphatic rings. The van der Waals surface area contributed by atoms with E-state index < -0.39 is 11.3 Å². The van der Waals surface area contributed by atoms with E-state index in [2.05, 4.69) is 0 Å². The molecule has 0 fully saturated rings. The highest BCUT2D eigenvalue weighted by atomic mass is 35.5. The second kappa shape index (κ2) is 6.03. The van der Waals surface area contributed by atoms with Crippen LogP contribution in [0.3, 0.4) is 0 Å². The Balaban J connectivity index is 3.28. The number of carbonyl (C=O) groups is 2. The summed E-state index contributed by atoms with van der Waals surface area (Å²) in [7, 11) is 0. The van der Waals surface area contributed by atoms with Crippen LogP contribution in [-0.2, 0) is 21.9 Å². The summed E-state index contributed by atoms with van der Waals surface area (Å²) in [6.07, 6.45) is -0.186. The summed E-state index contributed by atoms with van der Waals surface area (Å²) in [5.74, 6) is -1.00. The maximum atomic E-state index is 11.3. The molecule has 1 N–H and O–H groups in total. The van der Waals surface area contributed by atoms with Crippen LogP contribution in [-0.4, -0.2) is 16.9 Å². The molecule has 1 unspecified atom stereocenters. The van der Waals surface area contributed by atoms with E-state index in [4.69, 9.17) is 28.3 Å². The van der Waals surface area contributed by atoms with Crippen molar-refractivity contribution in [1.82, 2.24) is 0 Å². The fourth-order valence-corrected chi connectivity index (χ4v) is 2.06. The molecule has 0 heterocycles. The highest BCUT2D eigenvalue weighted by Gasteiger charge is 2.20. The third-order valence-corrected chi connectivity index (χ3v) is 3.24. The van der Waals surface area contributed by atoms with Gasteiger partial charge in [0.05, 0.1) is 6.42 Å². The molecule has 0 spiro atoms. The number of halogens is 2. The summed E-state index contributed by atoms with van der Waals surface area (Å²) in [5, 5.41) is 8.03. The lowest BCUT2D eigenvalue weighted by atomic mass is 9.95. The van der Waals surface area contributed by atoms with E-state index in [-0.39, 0.29) is 18.1 Å². The van der Waals surface area contributed by atoms with Gasteiger partial charge in [-0.05, 0) is 23.6 Å². The van der Waals surface area contributed by atoms with Crippen LogP contribution >= 0.6 is 23.2 Å². The van der Waals surface area contributed by atoms with E-state index in [1.54, 1.807) is 18.2 Å². The average molecular weight is 275 g/mol. The molecule has 0 amide bonds. The van der Waals surface area contributed by atoms with Gasteiger partial charge in [0.1, 0.15) is 5.38 Å². The Morgan fingerprint density at radius 1 is 1.41 bits per heavy atom. The molecule has 0 saturated carbocycles. The van der Waals surface area contributed by atoms with Crippen molar-refractivity contribution < 1.29 is 14.7 Å². The average Bonchev–Trinajstić information content (AvgIpc) is 2.27. The fraction of sp³-hybridized carbons (Fsp3) is 0.333. The third-order valence-electron chi connectivity index (χ3n) is 2.41. The maximum absolute atomic E-state index is 11.3. The zero-order valence-corrected chi connectivity index (χ0v) is 10.8. The zero-order chi connectivity index (χ0) is 13.0. The molecule has 3 nitrogen and oxygen atoms in total. The first-order valence-electron chi connectivity index (χ1n) is 5.00. The number of alkyl halides is 2. The van der Waals surface area contributed by atoms with Crippen molar-refractivity contribution in [2.24, 2.45) is 0 Å². The van der Waals surface area contributed by atoms with Crippen LogP contribution < -0.4 is 0 Å². The van der Waals surface area contributed by atoms with Gasteiger partial charge in [0.25, 0.3) is 0 Å². The Morgan fingerprint density at radius 3 is 2.53 bits per heavy atom. The van der Waals surface area contributed by atoms with Gasteiger partial charge in [-0.2, -0.15) is 0 Å². The number of hydrogen-bond acceptors (Lipinski definition) is 2. The van der Waals surface area contributed by atoms with Crippen molar-refractivity contribution in [3.8, 4) is 0 Å². The van der Waals surface area contributed by atoms with Gasteiger partial charge in [0, 0.05) is 5.88 Å². The molecular weight excluding hydrogens is 263 g/mol. The number of ketones is 1. The normalized spacial score (nSPS) is 12.2. The van der Waals surface area contributed by atoms with Gasteiger partial charge in [0.2, 0.25) is 0 Å². The number of benzene rings is 1. The monoisotopic (exact) mass is 274 g/mol. The van der Waals surface area contributed by atoms with Crippen LogP contribution in [0.25, 0.3) is 0 Å². The summed E-state index contributed by atoms with van der Waals surface area (Å²) >= 11 is 11.7. The van der Waals surface area contributed by atoms with Crippen molar-refractivity contribution in [3.05, 3.63) is 34.9 Å². The standard InChI is InChI=1S/C12H12Cl2O3/c1-7(15)12(14)9-4-2-3-8(6-13)10(9)5-11(16)17/h2-4,12H,5-6H2,1H3,(H,16,17). The SMILES string of the molecule is CC(=O)C(Cl)c1cccc(CCl)c1CC(=O)O. The summed E-state index contributed by atoms with van der Waals surface area (Å²) in [6, 6.07) is 5.11. The molecule has 1 atom stereocenters. The zero-order valence-electron chi connectivity index (χ0n) is 9.24. The van der Waals surface area contributed by atoms with Gasteiger partial charge in [-0.3, -0.25) is 9.59 Å². The van der Waals surface area contributed by atoms with E-state index in [0.717, 1.165) is 0 Å². The van der Waals surface area contributed by atoms with E-state index in [0.29, 0.717) is 16.7 Å².